The highest BCUT2D eigenvalue weighted by atomic mass is 79.9. The van der Waals surface area contributed by atoms with Gasteiger partial charge in [0.2, 0.25) is 0 Å². The van der Waals surface area contributed by atoms with Gasteiger partial charge in [-0.2, -0.15) is 13.2 Å². The minimum atomic E-state index is -4.23. The van der Waals surface area contributed by atoms with Gasteiger partial charge in [-0.05, 0) is 28.1 Å². The van der Waals surface area contributed by atoms with Crippen LogP contribution in [0.4, 0.5) is 13.2 Å². The predicted molar refractivity (Wildman–Crippen MR) is 55.0 cm³/mol. The number of thiophene rings is 1. The molecule has 0 atom stereocenters. The molecule has 0 unspecified atom stereocenters. The van der Waals surface area contributed by atoms with E-state index in [1.54, 1.807) is 12.1 Å². The monoisotopic (exact) mass is 301 g/mol. The van der Waals surface area contributed by atoms with Gasteiger partial charge in [-0.25, -0.2) is 0 Å². The number of rotatable bonds is 3. The Bertz CT molecular complexity index is 350. The molecule has 1 aromatic heterocycles. The zero-order chi connectivity index (χ0) is 11.5. The Morgan fingerprint density at radius 2 is 2.13 bits per heavy atom. The van der Waals surface area contributed by atoms with Crippen molar-refractivity contribution in [3.8, 4) is 0 Å². The third-order valence-electron chi connectivity index (χ3n) is 1.49. The van der Waals surface area contributed by atoms with Gasteiger partial charge in [-0.1, -0.05) is 0 Å². The zero-order valence-corrected chi connectivity index (χ0v) is 9.80. The van der Waals surface area contributed by atoms with Gasteiger partial charge in [0, 0.05) is 6.54 Å². The number of hydrogen-bond donors (Lipinski definition) is 1. The van der Waals surface area contributed by atoms with Crippen molar-refractivity contribution >= 4 is 33.2 Å². The second-order valence-electron chi connectivity index (χ2n) is 2.72. The van der Waals surface area contributed by atoms with E-state index >= 15 is 0 Å². The van der Waals surface area contributed by atoms with E-state index in [1.807, 2.05) is 0 Å². The third-order valence-corrected chi connectivity index (χ3v) is 3.11. The fourth-order valence-corrected chi connectivity index (χ4v) is 2.14. The van der Waals surface area contributed by atoms with E-state index in [-0.39, 0.29) is 0 Å². The van der Waals surface area contributed by atoms with Crippen molar-refractivity contribution in [2.45, 2.75) is 12.6 Å². The van der Waals surface area contributed by atoms with Crippen LogP contribution in [-0.2, 0) is 0 Å². The van der Waals surface area contributed by atoms with Crippen molar-refractivity contribution in [1.82, 2.24) is 5.32 Å². The maximum atomic E-state index is 11.8. The fraction of sp³-hybridized carbons (Fsp3) is 0.375. The minimum absolute atomic E-state index is 0.391. The van der Waals surface area contributed by atoms with Crippen molar-refractivity contribution in [3.63, 3.8) is 0 Å². The normalized spacial score (nSPS) is 11.5. The number of amides is 1. The molecular weight excluding hydrogens is 295 g/mol. The average molecular weight is 302 g/mol. The molecule has 0 spiro atoms. The van der Waals surface area contributed by atoms with Crippen LogP contribution < -0.4 is 5.32 Å². The first-order chi connectivity index (χ1) is 6.88. The van der Waals surface area contributed by atoms with Crippen molar-refractivity contribution < 1.29 is 18.0 Å². The average Bonchev–Trinajstić information content (AvgIpc) is 2.49. The van der Waals surface area contributed by atoms with Crippen LogP contribution in [-0.4, -0.2) is 18.6 Å². The third kappa shape index (κ3) is 4.65. The minimum Gasteiger partial charge on any atom is -0.351 e. The topological polar surface area (TPSA) is 29.1 Å². The fourth-order valence-electron chi connectivity index (χ4n) is 0.841. The highest BCUT2D eigenvalue weighted by molar-refractivity contribution is 9.11. The number of alkyl halides is 3. The van der Waals surface area contributed by atoms with Crippen LogP contribution in [0.1, 0.15) is 16.1 Å². The molecule has 0 aromatic carbocycles. The van der Waals surface area contributed by atoms with Crippen LogP contribution in [0.25, 0.3) is 0 Å². The van der Waals surface area contributed by atoms with E-state index in [0.717, 1.165) is 3.79 Å². The molecule has 1 amide bonds. The first kappa shape index (κ1) is 12.5. The SMILES string of the molecule is O=C(NCCC(F)(F)F)c1ccc(Br)s1. The van der Waals surface area contributed by atoms with E-state index in [2.05, 4.69) is 21.2 Å². The molecule has 2 nitrogen and oxygen atoms in total. The molecule has 1 N–H and O–H groups in total. The molecule has 1 heterocycles. The van der Waals surface area contributed by atoms with Gasteiger partial charge in [0.05, 0.1) is 15.1 Å². The highest BCUT2D eigenvalue weighted by Crippen LogP contribution is 2.22. The Morgan fingerprint density at radius 1 is 1.47 bits per heavy atom. The van der Waals surface area contributed by atoms with E-state index < -0.39 is 25.0 Å². The smallest absolute Gasteiger partial charge is 0.351 e. The lowest BCUT2D eigenvalue weighted by Gasteiger charge is -2.06. The first-order valence-corrected chi connectivity index (χ1v) is 5.60. The molecule has 0 bridgehead atoms. The summed E-state index contributed by atoms with van der Waals surface area (Å²) >= 11 is 4.34. The maximum Gasteiger partial charge on any atom is 0.390 e. The number of carbonyl (C=O) groups excluding carboxylic acids is 1. The summed E-state index contributed by atoms with van der Waals surface area (Å²) < 4.78 is 36.0. The molecule has 0 saturated heterocycles. The van der Waals surface area contributed by atoms with E-state index in [4.69, 9.17) is 0 Å². The predicted octanol–water partition coefficient (Wildman–Crippen LogP) is 3.19. The highest BCUT2D eigenvalue weighted by Gasteiger charge is 2.26. The Morgan fingerprint density at radius 3 is 2.60 bits per heavy atom. The molecule has 1 rings (SSSR count). The maximum absolute atomic E-state index is 11.8. The summed E-state index contributed by atoms with van der Waals surface area (Å²) in [6.07, 6.45) is -5.24. The van der Waals surface area contributed by atoms with Gasteiger partial charge >= 0.3 is 6.18 Å². The van der Waals surface area contributed by atoms with Crippen LogP contribution in [0.5, 0.6) is 0 Å². The van der Waals surface area contributed by atoms with Gasteiger partial charge in [0.15, 0.2) is 0 Å². The number of carbonyl (C=O) groups is 1. The summed E-state index contributed by atoms with van der Waals surface area (Å²) in [6.45, 7) is -0.391. The van der Waals surface area contributed by atoms with Gasteiger partial charge < -0.3 is 5.32 Å². The molecule has 0 aliphatic carbocycles. The molecule has 0 aliphatic rings. The molecule has 0 fully saturated rings. The van der Waals surface area contributed by atoms with Crippen molar-refractivity contribution in [3.05, 3.63) is 20.8 Å². The van der Waals surface area contributed by atoms with Gasteiger partial charge in [0.1, 0.15) is 0 Å². The standard InChI is InChI=1S/C8H7BrF3NOS/c9-6-2-1-5(15-6)7(14)13-4-3-8(10,11)12/h1-2H,3-4H2,(H,13,14). The zero-order valence-electron chi connectivity index (χ0n) is 7.40. The van der Waals surface area contributed by atoms with Crippen LogP contribution in [0.15, 0.2) is 15.9 Å². The van der Waals surface area contributed by atoms with E-state index in [1.165, 1.54) is 11.3 Å². The van der Waals surface area contributed by atoms with Crippen molar-refractivity contribution in [1.29, 1.82) is 0 Å². The largest absolute Gasteiger partial charge is 0.390 e. The van der Waals surface area contributed by atoms with E-state index in [0.29, 0.717) is 4.88 Å². The summed E-state index contributed by atoms with van der Waals surface area (Å²) in [4.78, 5) is 11.6. The molecule has 7 heteroatoms. The molecular formula is C8H7BrF3NOS. The van der Waals surface area contributed by atoms with Crippen LogP contribution in [0, 0.1) is 0 Å². The van der Waals surface area contributed by atoms with Crippen LogP contribution >= 0.6 is 27.3 Å². The molecule has 15 heavy (non-hydrogen) atoms. The summed E-state index contributed by atoms with van der Waals surface area (Å²) in [5, 5.41) is 2.20. The molecule has 0 saturated carbocycles. The number of hydrogen-bond acceptors (Lipinski definition) is 2. The summed E-state index contributed by atoms with van der Waals surface area (Å²) in [5.74, 6) is -0.477. The number of halogens is 4. The Balaban J connectivity index is 2.37. The van der Waals surface area contributed by atoms with Crippen molar-refractivity contribution in [2.24, 2.45) is 0 Å². The Hall–Kier alpha value is -0.560. The van der Waals surface area contributed by atoms with Gasteiger partial charge in [0.25, 0.3) is 5.91 Å². The molecule has 0 radical (unpaired) electrons. The van der Waals surface area contributed by atoms with Crippen LogP contribution in [0.2, 0.25) is 0 Å². The quantitative estimate of drug-likeness (QED) is 0.913. The summed E-state index contributed by atoms with van der Waals surface area (Å²) in [5.41, 5.74) is 0. The lowest BCUT2D eigenvalue weighted by Crippen LogP contribution is -2.27. The summed E-state index contributed by atoms with van der Waals surface area (Å²) in [7, 11) is 0. The molecule has 1 aromatic rings. The Labute approximate surface area is 96.6 Å². The van der Waals surface area contributed by atoms with Gasteiger partial charge in [-0.3, -0.25) is 4.79 Å². The van der Waals surface area contributed by atoms with E-state index in [9.17, 15) is 18.0 Å². The van der Waals surface area contributed by atoms with Crippen LogP contribution in [0.3, 0.4) is 0 Å². The van der Waals surface area contributed by atoms with Gasteiger partial charge in [-0.15, -0.1) is 11.3 Å². The first-order valence-electron chi connectivity index (χ1n) is 3.99. The molecule has 84 valence electrons. The molecule has 0 aliphatic heterocycles. The Kier molecular flexibility index (Phi) is 4.15. The second kappa shape index (κ2) is 4.98. The lowest BCUT2D eigenvalue weighted by molar-refractivity contribution is -0.132. The lowest BCUT2D eigenvalue weighted by atomic mass is 10.4. The second-order valence-corrected chi connectivity index (χ2v) is 5.19. The van der Waals surface area contributed by atoms with Crippen molar-refractivity contribution in [2.75, 3.05) is 6.54 Å². The number of nitrogens with one attached hydrogen (secondary N) is 1. The summed E-state index contributed by atoms with van der Waals surface area (Å²) in [6, 6.07) is 3.22.